The molecule has 0 aliphatic carbocycles. The molecule has 2 aromatic rings. The number of aromatic nitrogens is 1. The molecular weight excluding hydrogens is 270 g/mol. The van der Waals surface area contributed by atoms with E-state index in [4.69, 9.17) is 12.2 Å². The Balaban J connectivity index is 2.34. The quantitative estimate of drug-likeness (QED) is 0.850. The Morgan fingerprint density at radius 1 is 1.65 bits per heavy atom. The summed E-state index contributed by atoms with van der Waals surface area (Å²) in [6.45, 7) is 3.98. The van der Waals surface area contributed by atoms with Crippen molar-refractivity contribution in [3.05, 3.63) is 22.7 Å². The third-order valence-corrected chi connectivity index (χ3v) is 4.24. The minimum Gasteiger partial charge on any atom is -0.397 e. The molecule has 0 fully saturated rings. The molecule has 0 aromatic carbocycles. The van der Waals surface area contributed by atoms with Gasteiger partial charge in [-0.3, -0.25) is 4.79 Å². The molecule has 0 spiro atoms. The van der Waals surface area contributed by atoms with Crippen LogP contribution in [0.2, 0.25) is 0 Å². The van der Waals surface area contributed by atoms with Crippen molar-refractivity contribution >= 4 is 33.1 Å². The van der Waals surface area contributed by atoms with E-state index in [-0.39, 0.29) is 11.9 Å². The molecule has 2 rings (SSSR count). The second kappa shape index (κ2) is 5.93. The van der Waals surface area contributed by atoms with E-state index in [1.807, 2.05) is 19.9 Å². The van der Waals surface area contributed by atoms with Crippen molar-refractivity contribution in [1.29, 1.82) is 0 Å². The zero-order valence-corrected chi connectivity index (χ0v) is 12.4. The Hall–Kier alpha value is -2.06. The highest BCUT2D eigenvalue weighted by Crippen LogP contribution is 2.34. The number of carbonyl (C=O) groups is 1. The number of amides is 1. The van der Waals surface area contributed by atoms with Crippen molar-refractivity contribution in [2.45, 2.75) is 32.7 Å². The van der Waals surface area contributed by atoms with Gasteiger partial charge in [0.15, 0.2) is 0 Å². The van der Waals surface area contributed by atoms with Gasteiger partial charge in [0.1, 0.15) is 9.71 Å². The fraction of sp³-hybridized carbons (Fsp3) is 0.333. The summed E-state index contributed by atoms with van der Waals surface area (Å²) in [4.78, 5) is 17.8. The molecular formula is C15H17N3OS. The van der Waals surface area contributed by atoms with Gasteiger partial charge < -0.3 is 11.1 Å². The zero-order valence-electron chi connectivity index (χ0n) is 11.6. The van der Waals surface area contributed by atoms with E-state index in [1.165, 1.54) is 11.3 Å². The lowest BCUT2D eigenvalue weighted by molar-refractivity contribution is 0.0949. The van der Waals surface area contributed by atoms with Gasteiger partial charge in [0.2, 0.25) is 0 Å². The maximum atomic E-state index is 12.3. The molecule has 1 unspecified atom stereocenters. The highest BCUT2D eigenvalue weighted by Gasteiger charge is 2.19. The molecule has 1 atom stereocenters. The Morgan fingerprint density at radius 3 is 3.00 bits per heavy atom. The Bertz CT molecular complexity index is 684. The van der Waals surface area contributed by atoms with Crippen molar-refractivity contribution in [2.24, 2.45) is 0 Å². The van der Waals surface area contributed by atoms with Crippen molar-refractivity contribution < 1.29 is 4.79 Å². The number of hydrogen-bond donors (Lipinski definition) is 2. The van der Waals surface area contributed by atoms with Crippen LogP contribution in [0, 0.1) is 19.3 Å². The Morgan fingerprint density at radius 2 is 2.40 bits per heavy atom. The first-order chi connectivity index (χ1) is 9.58. The number of nitrogens with one attached hydrogen (secondary N) is 1. The molecule has 5 heteroatoms. The summed E-state index contributed by atoms with van der Waals surface area (Å²) < 4.78 is 0. The summed E-state index contributed by atoms with van der Waals surface area (Å²) in [5.41, 5.74) is 7.59. The first-order valence-corrected chi connectivity index (χ1v) is 7.30. The van der Waals surface area contributed by atoms with Crippen LogP contribution >= 0.6 is 11.3 Å². The summed E-state index contributed by atoms with van der Waals surface area (Å²) in [6.07, 6.45) is 8.81. The van der Waals surface area contributed by atoms with E-state index in [2.05, 4.69) is 16.2 Å². The number of nitrogen functional groups attached to an aromatic ring is 1. The van der Waals surface area contributed by atoms with Crippen LogP contribution in [0.1, 0.15) is 35.0 Å². The maximum absolute atomic E-state index is 12.3. The number of nitrogens with two attached hydrogens (primary N) is 1. The number of anilines is 1. The van der Waals surface area contributed by atoms with Crippen molar-refractivity contribution in [3.63, 3.8) is 0 Å². The van der Waals surface area contributed by atoms with Gasteiger partial charge in [0.25, 0.3) is 5.91 Å². The maximum Gasteiger partial charge on any atom is 0.264 e. The molecule has 104 valence electrons. The number of thiophene rings is 1. The van der Waals surface area contributed by atoms with Gasteiger partial charge in [-0.25, -0.2) is 4.98 Å². The van der Waals surface area contributed by atoms with Crippen molar-refractivity contribution in [1.82, 2.24) is 10.3 Å². The molecule has 0 bridgehead atoms. The Kier molecular flexibility index (Phi) is 4.26. The van der Waals surface area contributed by atoms with E-state index in [0.717, 1.165) is 28.6 Å². The lowest BCUT2D eigenvalue weighted by atomic mass is 10.1. The highest BCUT2D eigenvalue weighted by molar-refractivity contribution is 7.21. The lowest BCUT2D eigenvalue weighted by Crippen LogP contribution is -2.33. The lowest BCUT2D eigenvalue weighted by Gasteiger charge is -2.11. The summed E-state index contributed by atoms with van der Waals surface area (Å²) >= 11 is 1.30. The third-order valence-electron chi connectivity index (χ3n) is 3.13. The molecule has 0 aliphatic heterocycles. The topological polar surface area (TPSA) is 68.0 Å². The van der Waals surface area contributed by atoms with Crippen LogP contribution in [-0.2, 0) is 0 Å². The van der Waals surface area contributed by atoms with Crippen LogP contribution in [0.15, 0.2) is 12.3 Å². The fourth-order valence-corrected chi connectivity index (χ4v) is 3.13. The molecule has 1 amide bonds. The van der Waals surface area contributed by atoms with E-state index in [1.54, 1.807) is 6.20 Å². The first-order valence-electron chi connectivity index (χ1n) is 6.49. The number of hydrogen-bond acceptors (Lipinski definition) is 4. The van der Waals surface area contributed by atoms with Crippen LogP contribution in [0.25, 0.3) is 10.2 Å². The minimum atomic E-state index is -0.258. The monoisotopic (exact) mass is 287 g/mol. The molecule has 0 aliphatic rings. The second-order valence-corrected chi connectivity index (χ2v) is 5.63. The number of fused-ring (bicyclic) bond motifs is 1. The van der Waals surface area contributed by atoms with Gasteiger partial charge in [0, 0.05) is 11.6 Å². The number of aryl methyl sites for hydroxylation is 1. The summed E-state index contributed by atoms with van der Waals surface area (Å²) in [7, 11) is 0. The standard InChI is InChI=1S/C15H17N3OS/c1-4-6-10(5-2)18-14(19)13-12(16)11-9(3)7-8-17-15(11)20-13/h2,7-8,10H,4,6,16H2,1,3H3,(H,18,19). The van der Waals surface area contributed by atoms with Gasteiger partial charge in [-0.1, -0.05) is 19.3 Å². The average molecular weight is 287 g/mol. The van der Waals surface area contributed by atoms with E-state index < -0.39 is 0 Å². The number of terminal acetylenes is 1. The summed E-state index contributed by atoms with van der Waals surface area (Å²) in [6, 6.07) is 1.63. The molecule has 2 heterocycles. The highest BCUT2D eigenvalue weighted by atomic mass is 32.1. The van der Waals surface area contributed by atoms with Crippen molar-refractivity contribution in [2.75, 3.05) is 5.73 Å². The van der Waals surface area contributed by atoms with Crippen LogP contribution < -0.4 is 11.1 Å². The number of pyridine rings is 1. The molecule has 2 aromatic heterocycles. The number of carbonyl (C=O) groups excluding carboxylic acids is 1. The smallest absolute Gasteiger partial charge is 0.264 e. The zero-order chi connectivity index (χ0) is 14.7. The van der Waals surface area contributed by atoms with Gasteiger partial charge in [-0.05, 0) is 25.0 Å². The largest absolute Gasteiger partial charge is 0.397 e. The van der Waals surface area contributed by atoms with Crippen LogP contribution in [0.4, 0.5) is 5.69 Å². The minimum absolute atomic E-state index is 0.221. The molecule has 0 saturated heterocycles. The van der Waals surface area contributed by atoms with Gasteiger partial charge >= 0.3 is 0 Å². The predicted molar refractivity (Wildman–Crippen MR) is 83.8 cm³/mol. The van der Waals surface area contributed by atoms with Crippen LogP contribution in [-0.4, -0.2) is 16.9 Å². The molecule has 0 radical (unpaired) electrons. The van der Waals surface area contributed by atoms with Gasteiger partial charge in [-0.2, -0.15) is 0 Å². The van der Waals surface area contributed by atoms with E-state index in [9.17, 15) is 4.79 Å². The van der Waals surface area contributed by atoms with Crippen LogP contribution in [0.5, 0.6) is 0 Å². The van der Waals surface area contributed by atoms with E-state index in [0.29, 0.717) is 10.6 Å². The van der Waals surface area contributed by atoms with Gasteiger partial charge in [0.05, 0.1) is 11.7 Å². The SMILES string of the molecule is C#CC(CCC)NC(=O)c1sc2nccc(C)c2c1N. The average Bonchev–Trinajstić information content (AvgIpc) is 2.77. The number of nitrogens with zero attached hydrogens (tertiary/aromatic N) is 1. The molecule has 20 heavy (non-hydrogen) atoms. The van der Waals surface area contributed by atoms with Crippen molar-refractivity contribution in [3.8, 4) is 12.3 Å². The third kappa shape index (κ3) is 2.61. The number of rotatable bonds is 4. The summed E-state index contributed by atoms with van der Waals surface area (Å²) in [5.74, 6) is 2.36. The van der Waals surface area contributed by atoms with Gasteiger partial charge in [-0.15, -0.1) is 17.8 Å². The predicted octanol–water partition coefficient (Wildman–Crippen LogP) is 2.72. The van der Waals surface area contributed by atoms with E-state index >= 15 is 0 Å². The fourth-order valence-electron chi connectivity index (χ4n) is 2.08. The Labute approximate surface area is 122 Å². The second-order valence-electron chi connectivity index (χ2n) is 4.63. The first kappa shape index (κ1) is 14.4. The molecule has 0 saturated carbocycles. The molecule has 4 nitrogen and oxygen atoms in total. The normalized spacial score (nSPS) is 12.1. The summed E-state index contributed by atoms with van der Waals surface area (Å²) in [5, 5.41) is 3.69. The molecule has 3 N–H and O–H groups in total. The van der Waals surface area contributed by atoms with Crippen LogP contribution in [0.3, 0.4) is 0 Å².